The molecule has 0 aromatic heterocycles. The molecule has 0 saturated carbocycles. The van der Waals surface area contributed by atoms with Gasteiger partial charge in [-0.25, -0.2) is 0 Å². The van der Waals surface area contributed by atoms with Crippen LogP contribution in [0, 0.1) is 23.7 Å². The van der Waals surface area contributed by atoms with Crippen molar-refractivity contribution in [2.45, 2.75) is 0 Å². The van der Waals surface area contributed by atoms with Gasteiger partial charge in [-0.1, -0.05) is 66.3 Å². The molecule has 0 aromatic rings. The maximum Gasteiger partial charge on any atom is 0.0193 e. The summed E-state index contributed by atoms with van der Waals surface area (Å²) in [6.45, 7) is 0. The normalized spacial score (nSPS) is 40.9. The molecule has 0 amide bonds. The molecule has 0 spiro atoms. The van der Waals surface area contributed by atoms with Crippen molar-refractivity contribution in [3.8, 4) is 0 Å². The first-order chi connectivity index (χ1) is 8.93. The van der Waals surface area contributed by atoms with E-state index in [1.807, 2.05) is 0 Å². The van der Waals surface area contributed by atoms with Crippen LogP contribution in [0.1, 0.15) is 0 Å². The molecule has 0 heteroatoms. The minimum absolute atomic E-state index is 0.599. The number of fused-ring (bicyclic) bond motifs is 1. The van der Waals surface area contributed by atoms with Gasteiger partial charge in [0, 0.05) is 23.7 Å². The first-order valence-corrected chi connectivity index (χ1v) is 6.80. The van der Waals surface area contributed by atoms with E-state index in [1.165, 1.54) is 5.57 Å². The fourth-order valence-electron chi connectivity index (χ4n) is 4.32. The van der Waals surface area contributed by atoms with Gasteiger partial charge in [0.05, 0.1) is 0 Å². The summed E-state index contributed by atoms with van der Waals surface area (Å²) in [5, 5.41) is 0. The van der Waals surface area contributed by atoms with Crippen LogP contribution in [0.5, 0.6) is 0 Å². The van der Waals surface area contributed by atoms with Crippen LogP contribution in [0.25, 0.3) is 0 Å². The van der Waals surface area contributed by atoms with Crippen molar-refractivity contribution in [2.75, 3.05) is 0 Å². The minimum Gasteiger partial charge on any atom is -0.0767 e. The molecular weight excluding hydrogens is 216 g/mol. The lowest BCUT2D eigenvalue weighted by atomic mass is 9.64. The van der Waals surface area contributed by atoms with Gasteiger partial charge in [0.15, 0.2) is 0 Å². The highest BCUT2D eigenvalue weighted by molar-refractivity contribution is 5.61. The van der Waals surface area contributed by atoms with Gasteiger partial charge in [-0.3, -0.25) is 0 Å². The van der Waals surface area contributed by atoms with Crippen molar-refractivity contribution in [2.24, 2.45) is 23.7 Å². The lowest BCUT2D eigenvalue weighted by Crippen LogP contribution is -2.30. The van der Waals surface area contributed by atoms with Crippen LogP contribution in [-0.2, 0) is 0 Å². The smallest absolute Gasteiger partial charge is 0.0193 e. The fraction of sp³-hybridized carbons (Fsp3) is 0.222. The van der Waals surface area contributed by atoms with E-state index in [-0.39, 0.29) is 0 Å². The third kappa shape index (κ3) is 0.905. The van der Waals surface area contributed by atoms with Gasteiger partial charge < -0.3 is 0 Å². The maximum absolute atomic E-state index is 2.42. The standard InChI is InChI=1S/C18H14/c1-3-11-7-9-16-14-6-2-4-12-8-10-15(18(12)14)13(5-1)17(11)16/h1-11,15,17-18H. The molecule has 18 heavy (non-hydrogen) atoms. The molecule has 86 valence electrons. The number of allylic oxidation sites excluding steroid dienone is 14. The molecule has 0 nitrogen and oxygen atoms in total. The molecule has 0 N–H and O–H groups in total. The van der Waals surface area contributed by atoms with Gasteiger partial charge in [0.25, 0.3) is 0 Å². The zero-order valence-electron chi connectivity index (χ0n) is 10.1. The Hall–Kier alpha value is -1.82. The van der Waals surface area contributed by atoms with E-state index in [0.717, 1.165) is 0 Å². The molecule has 5 aliphatic rings. The van der Waals surface area contributed by atoms with Crippen LogP contribution in [0.3, 0.4) is 0 Å². The van der Waals surface area contributed by atoms with E-state index in [0.29, 0.717) is 23.7 Å². The molecule has 0 saturated heterocycles. The average Bonchev–Trinajstić information content (AvgIpc) is 3.01. The van der Waals surface area contributed by atoms with Crippen molar-refractivity contribution in [1.82, 2.24) is 0 Å². The van der Waals surface area contributed by atoms with Crippen molar-refractivity contribution in [3.63, 3.8) is 0 Å². The second-order valence-corrected chi connectivity index (χ2v) is 5.76. The van der Waals surface area contributed by atoms with Crippen molar-refractivity contribution in [3.05, 3.63) is 83.1 Å². The fourth-order valence-corrected chi connectivity index (χ4v) is 4.32. The molecule has 0 bridgehead atoms. The maximum atomic E-state index is 2.42. The Labute approximate surface area is 107 Å². The highest BCUT2D eigenvalue weighted by Crippen LogP contribution is 2.56. The SMILES string of the molecule is C1=CC2=C3C=CC4C=CC=C(C5C=CC(=C1)C25)C34. The molecular formula is C18H14. The van der Waals surface area contributed by atoms with E-state index in [9.17, 15) is 0 Å². The summed E-state index contributed by atoms with van der Waals surface area (Å²) < 4.78 is 0. The van der Waals surface area contributed by atoms with E-state index in [1.54, 1.807) is 16.7 Å². The summed E-state index contributed by atoms with van der Waals surface area (Å²) >= 11 is 0. The topological polar surface area (TPSA) is 0 Å². The summed E-state index contributed by atoms with van der Waals surface area (Å²) in [5.41, 5.74) is 6.27. The van der Waals surface area contributed by atoms with Crippen molar-refractivity contribution in [1.29, 1.82) is 0 Å². The van der Waals surface area contributed by atoms with Crippen LogP contribution in [0.4, 0.5) is 0 Å². The Balaban J connectivity index is 1.84. The van der Waals surface area contributed by atoms with Crippen molar-refractivity contribution < 1.29 is 0 Å². The molecule has 0 radical (unpaired) electrons. The van der Waals surface area contributed by atoms with Crippen LogP contribution >= 0.6 is 0 Å². The van der Waals surface area contributed by atoms with Crippen molar-refractivity contribution >= 4 is 0 Å². The summed E-state index contributed by atoms with van der Waals surface area (Å²) in [5.74, 6) is 2.43. The van der Waals surface area contributed by atoms with Gasteiger partial charge in [0.2, 0.25) is 0 Å². The van der Waals surface area contributed by atoms with Gasteiger partial charge in [-0.05, 0) is 16.7 Å². The molecule has 0 aromatic carbocycles. The first kappa shape index (κ1) is 9.16. The Morgan fingerprint density at radius 1 is 0.722 bits per heavy atom. The van der Waals surface area contributed by atoms with Gasteiger partial charge >= 0.3 is 0 Å². The molecule has 4 atom stereocenters. The number of hydrogen-bond donors (Lipinski definition) is 0. The highest BCUT2D eigenvalue weighted by atomic mass is 14.5. The lowest BCUT2D eigenvalue weighted by Gasteiger charge is -2.39. The number of rotatable bonds is 0. The third-order valence-corrected chi connectivity index (χ3v) is 5.03. The lowest BCUT2D eigenvalue weighted by molar-refractivity contribution is 0.478. The summed E-state index contributed by atoms with van der Waals surface area (Å²) in [6, 6.07) is 0. The monoisotopic (exact) mass is 230 g/mol. The molecule has 0 heterocycles. The predicted molar refractivity (Wildman–Crippen MR) is 73.7 cm³/mol. The van der Waals surface area contributed by atoms with Crippen LogP contribution in [-0.4, -0.2) is 0 Å². The Kier molecular flexibility index (Phi) is 1.50. The Morgan fingerprint density at radius 2 is 1.67 bits per heavy atom. The molecule has 5 aliphatic carbocycles. The molecule has 0 fully saturated rings. The van der Waals surface area contributed by atoms with Gasteiger partial charge in [0.1, 0.15) is 0 Å². The first-order valence-electron chi connectivity index (χ1n) is 6.80. The Bertz CT molecular complexity index is 658. The average molecular weight is 230 g/mol. The van der Waals surface area contributed by atoms with E-state index < -0.39 is 0 Å². The number of hydrogen-bond acceptors (Lipinski definition) is 0. The van der Waals surface area contributed by atoms with E-state index in [2.05, 4.69) is 60.8 Å². The van der Waals surface area contributed by atoms with Crippen LogP contribution < -0.4 is 0 Å². The summed E-state index contributed by atoms with van der Waals surface area (Å²) in [4.78, 5) is 0. The molecule has 4 unspecified atom stereocenters. The van der Waals surface area contributed by atoms with Gasteiger partial charge in [-0.15, -0.1) is 0 Å². The Morgan fingerprint density at radius 3 is 2.67 bits per heavy atom. The molecule has 5 rings (SSSR count). The van der Waals surface area contributed by atoms with E-state index in [4.69, 9.17) is 0 Å². The quantitative estimate of drug-likeness (QED) is 0.592. The zero-order valence-corrected chi connectivity index (χ0v) is 10.1. The predicted octanol–water partition coefficient (Wildman–Crippen LogP) is 3.89. The largest absolute Gasteiger partial charge is 0.0767 e. The zero-order chi connectivity index (χ0) is 11.7. The molecule has 0 aliphatic heterocycles. The second-order valence-electron chi connectivity index (χ2n) is 5.76. The third-order valence-electron chi connectivity index (χ3n) is 5.03. The minimum atomic E-state index is 0.599. The second kappa shape index (κ2) is 2.95. The van der Waals surface area contributed by atoms with Gasteiger partial charge in [-0.2, -0.15) is 0 Å². The van der Waals surface area contributed by atoms with E-state index >= 15 is 0 Å². The van der Waals surface area contributed by atoms with Crippen LogP contribution in [0.2, 0.25) is 0 Å². The highest BCUT2D eigenvalue weighted by Gasteiger charge is 2.45. The summed E-state index contributed by atoms with van der Waals surface area (Å²) in [7, 11) is 0. The summed E-state index contributed by atoms with van der Waals surface area (Å²) in [6.07, 6.45) is 23.3. The van der Waals surface area contributed by atoms with Crippen LogP contribution in [0.15, 0.2) is 83.1 Å².